The van der Waals surface area contributed by atoms with Gasteiger partial charge in [0.15, 0.2) is 12.4 Å². The summed E-state index contributed by atoms with van der Waals surface area (Å²) in [5.74, 6) is -0.986. The Labute approximate surface area is 112 Å². The molecule has 0 aromatic heterocycles. The second kappa shape index (κ2) is 6.85. The van der Waals surface area contributed by atoms with Gasteiger partial charge in [-0.3, -0.25) is 14.6 Å². The van der Waals surface area contributed by atoms with Crippen LogP contribution in [0.2, 0.25) is 0 Å². The monoisotopic (exact) mass is 314 g/mol. The summed E-state index contributed by atoms with van der Waals surface area (Å²) < 4.78 is 5.58. The first-order chi connectivity index (χ1) is 8.52. The maximum absolute atomic E-state index is 11.6. The molecule has 0 spiro atoms. The normalized spacial score (nSPS) is 9.67. The highest BCUT2D eigenvalue weighted by molar-refractivity contribution is 9.10. The molecular formula is C11H11BrN2O4. The predicted octanol–water partition coefficient (Wildman–Crippen LogP) is 1.79. The minimum absolute atomic E-state index is 0.281. The molecule has 1 aromatic carbocycles. The average Bonchev–Trinajstić information content (AvgIpc) is 2.36. The summed E-state index contributed by atoms with van der Waals surface area (Å²) in [6.07, 6.45) is 0. The van der Waals surface area contributed by atoms with Gasteiger partial charge in [0.25, 0.3) is 0 Å². The van der Waals surface area contributed by atoms with E-state index in [4.69, 9.17) is 4.74 Å². The van der Waals surface area contributed by atoms with Crippen molar-refractivity contribution in [3.63, 3.8) is 0 Å². The molecule has 0 unspecified atom stereocenters. The summed E-state index contributed by atoms with van der Waals surface area (Å²) >= 11 is 3.25. The van der Waals surface area contributed by atoms with Crippen molar-refractivity contribution >= 4 is 27.7 Å². The number of Topliss-reactive ketones (excluding diaryl/α,β-unsaturated/α-hetero) is 1. The zero-order chi connectivity index (χ0) is 13.5. The summed E-state index contributed by atoms with van der Waals surface area (Å²) in [6, 6.07) is 6.69. The van der Waals surface area contributed by atoms with Gasteiger partial charge in [0.2, 0.25) is 0 Å². The average molecular weight is 315 g/mol. The van der Waals surface area contributed by atoms with Gasteiger partial charge in [-0.2, -0.15) is 0 Å². The lowest BCUT2D eigenvalue weighted by atomic mass is 10.1. The van der Waals surface area contributed by atoms with Crippen LogP contribution < -0.4 is 0 Å². The number of nitrogens with zero attached hydrogens (tertiary/aromatic N) is 2. The molecule has 0 aliphatic carbocycles. The van der Waals surface area contributed by atoms with Gasteiger partial charge in [0, 0.05) is 17.1 Å². The summed E-state index contributed by atoms with van der Waals surface area (Å²) in [6.45, 7) is -0.635. The van der Waals surface area contributed by atoms with Crippen molar-refractivity contribution in [2.24, 2.45) is 5.29 Å². The van der Waals surface area contributed by atoms with Crippen molar-refractivity contribution < 1.29 is 14.3 Å². The van der Waals surface area contributed by atoms with Crippen LogP contribution in [0.5, 0.6) is 0 Å². The number of benzene rings is 1. The second-order valence-electron chi connectivity index (χ2n) is 3.49. The third-order valence-corrected chi connectivity index (χ3v) is 2.56. The molecule has 0 aliphatic rings. The number of ketones is 1. The number of likely N-dealkylation sites (N-methyl/N-ethyl adjacent to an activating group) is 1. The number of hydrogen-bond acceptors (Lipinski definition) is 5. The van der Waals surface area contributed by atoms with Gasteiger partial charge in [-0.15, -0.1) is 4.91 Å². The summed E-state index contributed by atoms with van der Waals surface area (Å²) in [5.41, 5.74) is 0.452. The molecule has 0 amide bonds. The summed E-state index contributed by atoms with van der Waals surface area (Å²) in [4.78, 5) is 32.8. The SMILES string of the molecule is CN(CC(=O)OCC(=O)c1ccc(Br)cc1)N=O. The molecule has 0 aliphatic heterocycles. The zero-order valence-electron chi connectivity index (χ0n) is 9.63. The number of esters is 1. The number of rotatable bonds is 6. The second-order valence-corrected chi connectivity index (χ2v) is 4.40. The number of ether oxygens (including phenoxy) is 1. The van der Waals surface area contributed by atoms with E-state index in [1.54, 1.807) is 24.3 Å². The topological polar surface area (TPSA) is 76.0 Å². The Morgan fingerprint density at radius 3 is 2.50 bits per heavy atom. The van der Waals surface area contributed by atoms with Crippen LogP contribution in [0.1, 0.15) is 10.4 Å². The van der Waals surface area contributed by atoms with E-state index in [0.717, 1.165) is 9.48 Å². The fourth-order valence-corrected chi connectivity index (χ4v) is 1.39. The van der Waals surface area contributed by atoms with Gasteiger partial charge in [-0.25, -0.2) is 0 Å². The van der Waals surface area contributed by atoms with E-state index in [9.17, 15) is 14.5 Å². The third kappa shape index (κ3) is 4.62. The molecular weight excluding hydrogens is 304 g/mol. The third-order valence-electron chi connectivity index (χ3n) is 2.03. The van der Waals surface area contributed by atoms with Gasteiger partial charge < -0.3 is 4.74 Å². The molecule has 0 radical (unpaired) electrons. The molecule has 0 heterocycles. The highest BCUT2D eigenvalue weighted by atomic mass is 79.9. The van der Waals surface area contributed by atoms with Crippen LogP contribution in [-0.4, -0.2) is 37.0 Å². The molecule has 0 saturated carbocycles. The molecule has 6 nitrogen and oxygen atoms in total. The summed E-state index contributed by atoms with van der Waals surface area (Å²) in [5, 5.41) is 3.40. The van der Waals surface area contributed by atoms with Gasteiger partial charge in [0.1, 0.15) is 6.54 Å². The van der Waals surface area contributed by atoms with Gasteiger partial charge in [-0.1, -0.05) is 28.1 Å². The molecule has 0 fully saturated rings. The van der Waals surface area contributed by atoms with E-state index in [-0.39, 0.29) is 18.9 Å². The van der Waals surface area contributed by atoms with Crippen molar-refractivity contribution in [2.45, 2.75) is 0 Å². The highest BCUT2D eigenvalue weighted by Crippen LogP contribution is 2.11. The van der Waals surface area contributed by atoms with Gasteiger partial charge >= 0.3 is 5.97 Å². The van der Waals surface area contributed by atoms with E-state index in [1.165, 1.54) is 7.05 Å². The molecule has 18 heavy (non-hydrogen) atoms. The fraction of sp³-hybridized carbons (Fsp3) is 0.273. The quantitative estimate of drug-likeness (QED) is 0.346. The smallest absolute Gasteiger partial charge is 0.327 e. The van der Waals surface area contributed by atoms with Crippen molar-refractivity contribution in [1.29, 1.82) is 0 Å². The number of halogens is 1. The minimum Gasteiger partial charge on any atom is -0.456 e. The Balaban J connectivity index is 2.44. The molecule has 1 rings (SSSR count). The van der Waals surface area contributed by atoms with Crippen LogP contribution in [0.15, 0.2) is 34.0 Å². The lowest BCUT2D eigenvalue weighted by molar-refractivity contribution is -0.143. The maximum Gasteiger partial charge on any atom is 0.327 e. The first-order valence-electron chi connectivity index (χ1n) is 5.01. The Kier molecular flexibility index (Phi) is 5.44. The summed E-state index contributed by atoms with van der Waals surface area (Å²) in [7, 11) is 1.34. The molecule has 0 N–H and O–H groups in total. The van der Waals surface area contributed by atoms with Crippen LogP contribution in [-0.2, 0) is 9.53 Å². The first kappa shape index (κ1) is 14.3. The first-order valence-corrected chi connectivity index (χ1v) is 5.81. The Morgan fingerprint density at radius 2 is 1.94 bits per heavy atom. The highest BCUT2D eigenvalue weighted by Gasteiger charge is 2.11. The van der Waals surface area contributed by atoms with Crippen LogP contribution in [0.3, 0.4) is 0 Å². The van der Waals surface area contributed by atoms with Crippen LogP contribution in [0.4, 0.5) is 0 Å². The Hall–Kier alpha value is -1.76. The maximum atomic E-state index is 11.6. The Bertz CT molecular complexity index is 447. The largest absolute Gasteiger partial charge is 0.456 e. The number of hydrogen-bond donors (Lipinski definition) is 0. The van der Waals surface area contributed by atoms with Gasteiger partial charge in [-0.05, 0) is 12.1 Å². The van der Waals surface area contributed by atoms with E-state index < -0.39 is 5.97 Å². The van der Waals surface area contributed by atoms with Crippen LogP contribution in [0.25, 0.3) is 0 Å². The number of carbonyl (C=O) groups excluding carboxylic acids is 2. The molecule has 1 aromatic rings. The lowest BCUT2D eigenvalue weighted by Gasteiger charge is -2.08. The molecule has 7 heteroatoms. The molecule has 96 valence electrons. The number of nitroso groups, excluding NO2 is 1. The van der Waals surface area contributed by atoms with E-state index in [1.807, 2.05) is 0 Å². The van der Waals surface area contributed by atoms with Crippen LogP contribution >= 0.6 is 15.9 Å². The van der Waals surface area contributed by atoms with E-state index >= 15 is 0 Å². The number of carbonyl (C=O) groups is 2. The Morgan fingerprint density at radius 1 is 1.33 bits per heavy atom. The fourth-order valence-electron chi connectivity index (χ4n) is 1.13. The van der Waals surface area contributed by atoms with E-state index in [2.05, 4.69) is 21.2 Å². The lowest BCUT2D eigenvalue weighted by Crippen LogP contribution is -2.24. The van der Waals surface area contributed by atoms with Crippen LogP contribution in [0, 0.1) is 4.91 Å². The van der Waals surface area contributed by atoms with Crippen molar-refractivity contribution in [3.8, 4) is 0 Å². The van der Waals surface area contributed by atoms with Crippen molar-refractivity contribution in [1.82, 2.24) is 5.01 Å². The molecule has 0 bridgehead atoms. The standard InChI is InChI=1S/C11H11BrN2O4/c1-14(13-17)6-11(16)18-7-10(15)8-2-4-9(12)5-3-8/h2-5H,6-7H2,1H3. The predicted molar refractivity (Wildman–Crippen MR) is 67.9 cm³/mol. The molecule has 0 atom stereocenters. The van der Waals surface area contributed by atoms with Crippen molar-refractivity contribution in [3.05, 3.63) is 39.2 Å². The zero-order valence-corrected chi connectivity index (χ0v) is 11.2. The minimum atomic E-state index is -0.678. The van der Waals surface area contributed by atoms with E-state index in [0.29, 0.717) is 5.56 Å². The molecule has 0 saturated heterocycles. The van der Waals surface area contributed by atoms with Crippen molar-refractivity contribution in [2.75, 3.05) is 20.2 Å². The van der Waals surface area contributed by atoms with Gasteiger partial charge in [0.05, 0.1) is 5.29 Å².